The molecule has 1 atom stereocenters. The molecule has 0 radical (unpaired) electrons. The fourth-order valence-corrected chi connectivity index (χ4v) is 2.97. The van der Waals surface area contributed by atoms with E-state index >= 15 is 0 Å². The normalized spacial score (nSPS) is 12.0. The highest BCUT2D eigenvalue weighted by atomic mass is 16.5. The SMILES string of the molecule is COCC(C)NC(=O)c1cc(-c2ccc(C)cc2)cc(-n2cnc(C)c2)c1. The Balaban J connectivity index is 2.02. The minimum Gasteiger partial charge on any atom is -0.383 e. The zero-order chi connectivity index (χ0) is 19.4. The predicted octanol–water partition coefficient (Wildman–Crippen LogP) is 3.92. The number of nitrogens with one attached hydrogen (secondary N) is 1. The van der Waals surface area contributed by atoms with Crippen molar-refractivity contribution < 1.29 is 9.53 Å². The molecule has 1 N–H and O–H groups in total. The van der Waals surface area contributed by atoms with Crippen LogP contribution in [0.3, 0.4) is 0 Å². The van der Waals surface area contributed by atoms with Crippen molar-refractivity contribution in [3.05, 3.63) is 71.8 Å². The molecule has 140 valence electrons. The lowest BCUT2D eigenvalue weighted by atomic mass is 10.0. The molecule has 5 nitrogen and oxygen atoms in total. The molecule has 27 heavy (non-hydrogen) atoms. The molecule has 0 saturated heterocycles. The lowest BCUT2D eigenvalue weighted by Crippen LogP contribution is -2.35. The monoisotopic (exact) mass is 363 g/mol. The number of hydrogen-bond donors (Lipinski definition) is 1. The van der Waals surface area contributed by atoms with Crippen molar-refractivity contribution in [1.29, 1.82) is 0 Å². The first kappa shape index (κ1) is 18.9. The maximum atomic E-state index is 12.8. The molecule has 3 aromatic rings. The summed E-state index contributed by atoms with van der Waals surface area (Å²) in [6, 6.07) is 14.1. The smallest absolute Gasteiger partial charge is 0.251 e. The maximum absolute atomic E-state index is 12.8. The van der Waals surface area contributed by atoms with Crippen molar-refractivity contribution in [2.24, 2.45) is 0 Å². The van der Waals surface area contributed by atoms with Crippen LogP contribution in [0.1, 0.15) is 28.5 Å². The third kappa shape index (κ3) is 4.63. The van der Waals surface area contributed by atoms with Gasteiger partial charge in [0, 0.05) is 30.6 Å². The molecule has 1 heterocycles. The van der Waals surface area contributed by atoms with Crippen LogP contribution in [0.4, 0.5) is 0 Å². The second-order valence-electron chi connectivity index (χ2n) is 6.89. The fourth-order valence-electron chi connectivity index (χ4n) is 2.97. The average Bonchev–Trinajstić information content (AvgIpc) is 3.08. The molecule has 0 aliphatic carbocycles. The molecule has 0 fully saturated rings. The molecular weight excluding hydrogens is 338 g/mol. The van der Waals surface area contributed by atoms with Gasteiger partial charge in [-0.05, 0) is 50.1 Å². The first-order chi connectivity index (χ1) is 13.0. The van der Waals surface area contributed by atoms with Gasteiger partial charge in [0.15, 0.2) is 0 Å². The number of ether oxygens (including phenoxy) is 1. The van der Waals surface area contributed by atoms with Gasteiger partial charge in [0.1, 0.15) is 0 Å². The van der Waals surface area contributed by atoms with Crippen molar-refractivity contribution in [2.75, 3.05) is 13.7 Å². The summed E-state index contributed by atoms with van der Waals surface area (Å²) in [4.78, 5) is 17.1. The molecule has 0 aliphatic heterocycles. The zero-order valence-corrected chi connectivity index (χ0v) is 16.2. The Morgan fingerprint density at radius 3 is 2.52 bits per heavy atom. The fraction of sp³-hybridized carbons (Fsp3) is 0.273. The molecule has 0 aliphatic rings. The summed E-state index contributed by atoms with van der Waals surface area (Å²) in [6.07, 6.45) is 3.71. The molecule has 2 aromatic carbocycles. The van der Waals surface area contributed by atoms with Gasteiger partial charge in [-0.1, -0.05) is 29.8 Å². The van der Waals surface area contributed by atoms with Gasteiger partial charge in [0.05, 0.1) is 18.6 Å². The first-order valence-electron chi connectivity index (χ1n) is 8.99. The summed E-state index contributed by atoms with van der Waals surface area (Å²) < 4.78 is 7.05. The van der Waals surface area contributed by atoms with Crippen molar-refractivity contribution in [3.8, 4) is 16.8 Å². The van der Waals surface area contributed by atoms with E-state index in [9.17, 15) is 4.79 Å². The van der Waals surface area contributed by atoms with E-state index in [2.05, 4.69) is 47.6 Å². The molecule has 1 amide bonds. The molecule has 1 unspecified atom stereocenters. The van der Waals surface area contributed by atoms with E-state index in [4.69, 9.17) is 4.74 Å². The topological polar surface area (TPSA) is 56.1 Å². The number of nitrogens with zero attached hydrogens (tertiary/aromatic N) is 2. The van der Waals surface area contributed by atoms with Crippen molar-refractivity contribution in [1.82, 2.24) is 14.9 Å². The van der Waals surface area contributed by atoms with Crippen molar-refractivity contribution >= 4 is 5.91 Å². The van der Waals surface area contributed by atoms with Gasteiger partial charge >= 0.3 is 0 Å². The van der Waals surface area contributed by atoms with E-state index in [-0.39, 0.29) is 11.9 Å². The van der Waals surface area contributed by atoms with Crippen LogP contribution in [-0.4, -0.2) is 35.2 Å². The molecule has 3 rings (SSSR count). The molecule has 1 aromatic heterocycles. The minimum absolute atomic E-state index is 0.0653. The van der Waals surface area contributed by atoms with Crippen LogP contribution in [0.25, 0.3) is 16.8 Å². The number of hydrogen-bond acceptors (Lipinski definition) is 3. The minimum atomic E-state index is -0.119. The van der Waals surface area contributed by atoms with E-state index in [1.165, 1.54) is 5.56 Å². The number of aromatic nitrogens is 2. The third-order valence-corrected chi connectivity index (χ3v) is 4.37. The molecule has 0 spiro atoms. The Hall–Kier alpha value is -2.92. The van der Waals surface area contributed by atoms with E-state index in [1.54, 1.807) is 13.4 Å². The van der Waals surface area contributed by atoms with Gasteiger partial charge in [-0.25, -0.2) is 4.98 Å². The number of benzene rings is 2. The van der Waals surface area contributed by atoms with Crippen LogP contribution in [-0.2, 0) is 4.74 Å². The molecule has 0 saturated carbocycles. The van der Waals surface area contributed by atoms with Gasteiger partial charge in [-0.3, -0.25) is 4.79 Å². The Morgan fingerprint density at radius 1 is 1.15 bits per heavy atom. The van der Waals surface area contributed by atoms with Gasteiger partial charge in [0.2, 0.25) is 0 Å². The van der Waals surface area contributed by atoms with Crippen LogP contribution < -0.4 is 5.32 Å². The van der Waals surface area contributed by atoms with Crippen LogP contribution in [0.2, 0.25) is 0 Å². The zero-order valence-electron chi connectivity index (χ0n) is 16.2. The van der Waals surface area contributed by atoms with Gasteiger partial charge in [-0.15, -0.1) is 0 Å². The Kier molecular flexibility index (Phi) is 5.72. The quantitative estimate of drug-likeness (QED) is 0.722. The van der Waals surface area contributed by atoms with Gasteiger partial charge in [-0.2, -0.15) is 0 Å². The summed E-state index contributed by atoms with van der Waals surface area (Å²) in [5.41, 5.74) is 5.69. The lowest BCUT2D eigenvalue weighted by Gasteiger charge is -2.15. The summed E-state index contributed by atoms with van der Waals surface area (Å²) in [6.45, 7) is 6.40. The first-order valence-corrected chi connectivity index (χ1v) is 8.99. The van der Waals surface area contributed by atoms with Crippen LogP contribution in [0.5, 0.6) is 0 Å². The molecular formula is C22H25N3O2. The highest BCUT2D eigenvalue weighted by Gasteiger charge is 2.13. The number of rotatable bonds is 6. The Morgan fingerprint density at radius 2 is 1.89 bits per heavy atom. The number of carbonyl (C=O) groups is 1. The van der Waals surface area contributed by atoms with E-state index < -0.39 is 0 Å². The number of methoxy groups -OCH3 is 1. The predicted molar refractivity (Wildman–Crippen MR) is 107 cm³/mol. The van der Waals surface area contributed by atoms with Crippen molar-refractivity contribution in [2.45, 2.75) is 26.8 Å². The van der Waals surface area contributed by atoms with E-state index in [1.807, 2.05) is 36.7 Å². The largest absolute Gasteiger partial charge is 0.383 e. The highest BCUT2D eigenvalue weighted by molar-refractivity contribution is 5.96. The van der Waals surface area contributed by atoms with Crippen molar-refractivity contribution in [3.63, 3.8) is 0 Å². The second-order valence-corrected chi connectivity index (χ2v) is 6.89. The van der Waals surface area contributed by atoms with Crippen LogP contribution in [0, 0.1) is 13.8 Å². The van der Waals surface area contributed by atoms with Crippen LogP contribution >= 0.6 is 0 Å². The number of imidazole rings is 1. The lowest BCUT2D eigenvalue weighted by molar-refractivity contribution is 0.0905. The highest BCUT2D eigenvalue weighted by Crippen LogP contribution is 2.25. The van der Waals surface area contributed by atoms with E-state index in [0.717, 1.165) is 22.5 Å². The Bertz CT molecular complexity index is 929. The standard InChI is InChI=1S/C22H25N3O2/c1-15-5-7-18(8-6-15)19-9-20(22(26)24-17(3)13-27-4)11-21(10-19)25-12-16(2)23-14-25/h5-12,14,17H,13H2,1-4H3,(H,24,26). The second kappa shape index (κ2) is 8.18. The summed E-state index contributed by atoms with van der Waals surface area (Å²) in [5, 5.41) is 2.98. The van der Waals surface area contributed by atoms with Gasteiger partial charge < -0.3 is 14.6 Å². The van der Waals surface area contributed by atoms with Gasteiger partial charge in [0.25, 0.3) is 5.91 Å². The Labute approximate surface area is 160 Å². The summed E-state index contributed by atoms with van der Waals surface area (Å²) >= 11 is 0. The van der Waals surface area contributed by atoms with Crippen LogP contribution in [0.15, 0.2) is 55.0 Å². The molecule has 0 bridgehead atoms. The molecule has 5 heteroatoms. The number of amides is 1. The maximum Gasteiger partial charge on any atom is 0.251 e. The summed E-state index contributed by atoms with van der Waals surface area (Å²) in [7, 11) is 1.63. The third-order valence-electron chi connectivity index (χ3n) is 4.37. The summed E-state index contributed by atoms with van der Waals surface area (Å²) in [5.74, 6) is -0.119. The van der Waals surface area contributed by atoms with E-state index in [0.29, 0.717) is 12.2 Å². The average molecular weight is 363 g/mol. The number of aryl methyl sites for hydroxylation is 2. The number of carbonyl (C=O) groups excluding carboxylic acids is 1.